The van der Waals surface area contributed by atoms with Crippen LogP contribution in [0, 0.1) is 25.7 Å². The van der Waals surface area contributed by atoms with Gasteiger partial charge in [0, 0.05) is 51.0 Å². The second-order valence-corrected chi connectivity index (χ2v) is 14.4. The lowest BCUT2D eigenvalue weighted by atomic mass is 9.92. The summed E-state index contributed by atoms with van der Waals surface area (Å²) in [4.78, 5) is 63.9. The summed E-state index contributed by atoms with van der Waals surface area (Å²) in [5.41, 5.74) is 7.55. The molecular formula is C40H54N8O8. The van der Waals surface area contributed by atoms with E-state index in [1.807, 2.05) is 81.1 Å². The summed E-state index contributed by atoms with van der Waals surface area (Å²) < 4.78 is 10.3. The first-order valence-electron chi connectivity index (χ1n) is 18.5. The van der Waals surface area contributed by atoms with Gasteiger partial charge in [-0.25, -0.2) is 19.6 Å². The van der Waals surface area contributed by atoms with Gasteiger partial charge in [-0.05, 0) is 60.8 Å². The van der Waals surface area contributed by atoms with Crippen LogP contribution in [-0.4, -0.2) is 93.7 Å². The number of hydrogen-bond acceptors (Lipinski definition) is 10. The molecule has 0 aliphatic rings. The van der Waals surface area contributed by atoms with Crippen LogP contribution in [0.3, 0.4) is 0 Å². The Balaban J connectivity index is 1.53. The van der Waals surface area contributed by atoms with Crippen molar-refractivity contribution < 1.29 is 38.9 Å². The number of methoxy groups -OCH3 is 2. The molecule has 4 rings (SSSR count). The molecule has 302 valence electrons. The van der Waals surface area contributed by atoms with Crippen molar-refractivity contribution in [2.45, 2.75) is 78.6 Å². The first-order chi connectivity index (χ1) is 26.6. The topological polar surface area (TPSA) is 233 Å². The van der Waals surface area contributed by atoms with Crippen LogP contribution < -0.4 is 21.3 Å². The zero-order valence-corrected chi connectivity index (χ0v) is 33.1. The molecule has 8 N–H and O–H groups in total. The number of carbonyl (C=O) groups excluding carboxylic acids is 2. The molecule has 0 aliphatic carbocycles. The third-order valence-electron chi connectivity index (χ3n) is 9.75. The van der Waals surface area contributed by atoms with Gasteiger partial charge in [-0.2, -0.15) is 0 Å². The van der Waals surface area contributed by atoms with E-state index in [0.717, 1.165) is 44.8 Å². The fraction of sp³-hybridized carbons (Fsp3) is 0.450. The van der Waals surface area contributed by atoms with Gasteiger partial charge in [-0.15, -0.1) is 0 Å². The summed E-state index contributed by atoms with van der Waals surface area (Å²) in [7, 11) is 3.04. The minimum Gasteiger partial charge on any atom is -0.465 e. The van der Waals surface area contributed by atoms with Crippen molar-refractivity contribution in [1.29, 1.82) is 0 Å². The zero-order chi connectivity index (χ0) is 41.1. The average Bonchev–Trinajstić information content (AvgIpc) is 3.83. The summed E-state index contributed by atoms with van der Waals surface area (Å²) in [5.74, 6) is -0.0196. The lowest BCUT2D eigenvalue weighted by molar-refractivity contribution is -0.124. The van der Waals surface area contributed by atoms with E-state index in [1.165, 1.54) is 14.2 Å². The molecule has 4 amide bonds. The van der Waals surface area contributed by atoms with Crippen LogP contribution in [0.5, 0.6) is 0 Å². The SMILES string of the molecule is COCCC(NC(c1nc(-c2ccc(-c3ccc(-c4c[nH]c([C@H](N[C@@H](CCOC)C(=O)NC(=O)O)C(C)C)n4)c(C)c3C)cc2)c[nH]1)C(C)C)C(=O)NC(=O)O. The highest BCUT2D eigenvalue weighted by Gasteiger charge is 2.29. The van der Waals surface area contributed by atoms with E-state index >= 15 is 0 Å². The maximum absolute atomic E-state index is 12.7. The number of hydrogen-bond donors (Lipinski definition) is 8. The molecule has 0 bridgehead atoms. The van der Waals surface area contributed by atoms with E-state index in [0.29, 0.717) is 11.6 Å². The van der Waals surface area contributed by atoms with Crippen molar-refractivity contribution in [3.05, 3.63) is 71.6 Å². The summed E-state index contributed by atoms with van der Waals surface area (Å²) >= 11 is 0. The number of imide groups is 2. The Morgan fingerprint density at radius 1 is 0.643 bits per heavy atom. The Kier molecular flexibility index (Phi) is 15.4. The third-order valence-corrected chi connectivity index (χ3v) is 9.75. The third kappa shape index (κ3) is 11.1. The van der Waals surface area contributed by atoms with Gasteiger partial charge in [-0.3, -0.25) is 30.9 Å². The number of benzene rings is 2. The van der Waals surface area contributed by atoms with Gasteiger partial charge >= 0.3 is 12.2 Å². The number of nitrogens with one attached hydrogen (secondary N) is 6. The van der Waals surface area contributed by atoms with E-state index in [9.17, 15) is 19.2 Å². The van der Waals surface area contributed by atoms with Crippen molar-refractivity contribution in [1.82, 2.24) is 41.2 Å². The molecule has 4 aromatic rings. The molecule has 0 saturated heterocycles. The molecule has 4 atom stereocenters. The summed E-state index contributed by atoms with van der Waals surface area (Å²) in [6.07, 6.45) is 1.38. The maximum atomic E-state index is 12.7. The molecule has 0 spiro atoms. The molecule has 2 unspecified atom stereocenters. The van der Waals surface area contributed by atoms with E-state index in [4.69, 9.17) is 29.7 Å². The van der Waals surface area contributed by atoms with Gasteiger partial charge in [0.15, 0.2) is 0 Å². The second kappa shape index (κ2) is 20.0. The lowest BCUT2D eigenvalue weighted by Gasteiger charge is -2.26. The largest absolute Gasteiger partial charge is 0.465 e. The van der Waals surface area contributed by atoms with Crippen molar-refractivity contribution in [2.75, 3.05) is 27.4 Å². The molecule has 0 aliphatic heterocycles. The highest BCUT2D eigenvalue weighted by molar-refractivity contribution is 5.94. The molecule has 0 saturated carbocycles. The fourth-order valence-electron chi connectivity index (χ4n) is 6.55. The monoisotopic (exact) mass is 774 g/mol. The molecule has 0 radical (unpaired) electrons. The summed E-state index contributed by atoms with van der Waals surface area (Å²) in [5, 5.41) is 28.6. The normalized spacial score (nSPS) is 13.7. The Morgan fingerprint density at radius 2 is 1.05 bits per heavy atom. The molecule has 2 heterocycles. The molecular weight excluding hydrogens is 720 g/mol. The van der Waals surface area contributed by atoms with Crippen molar-refractivity contribution in [2.24, 2.45) is 11.8 Å². The zero-order valence-electron chi connectivity index (χ0n) is 33.1. The predicted octanol–water partition coefficient (Wildman–Crippen LogP) is 5.72. The van der Waals surface area contributed by atoms with E-state index < -0.39 is 36.1 Å². The highest BCUT2D eigenvalue weighted by atomic mass is 16.5. The van der Waals surface area contributed by atoms with Crippen LogP contribution >= 0.6 is 0 Å². The molecule has 2 aromatic heterocycles. The van der Waals surface area contributed by atoms with Crippen LogP contribution in [0.15, 0.2) is 48.8 Å². The number of H-pyrrole nitrogens is 2. The van der Waals surface area contributed by atoms with Gasteiger partial charge in [0.05, 0.1) is 35.6 Å². The molecule has 2 aromatic carbocycles. The molecule has 56 heavy (non-hydrogen) atoms. The van der Waals surface area contributed by atoms with E-state index in [1.54, 1.807) is 0 Å². The van der Waals surface area contributed by atoms with Crippen LogP contribution in [0.4, 0.5) is 9.59 Å². The van der Waals surface area contributed by atoms with Gasteiger partial charge in [0.1, 0.15) is 11.6 Å². The fourth-order valence-corrected chi connectivity index (χ4v) is 6.55. The van der Waals surface area contributed by atoms with Crippen LogP contribution in [-0.2, 0) is 19.1 Å². The number of imidazole rings is 2. The Bertz CT molecular complexity index is 1960. The smallest absolute Gasteiger partial charge is 0.411 e. The lowest BCUT2D eigenvalue weighted by Crippen LogP contribution is -2.48. The number of ether oxygens (including phenoxy) is 2. The minimum atomic E-state index is -1.42. The number of amides is 4. The number of aromatic amines is 2. The minimum absolute atomic E-state index is 0.0170. The van der Waals surface area contributed by atoms with Gasteiger partial charge in [-0.1, -0.05) is 64.1 Å². The maximum Gasteiger partial charge on any atom is 0.411 e. The number of carbonyl (C=O) groups is 4. The van der Waals surface area contributed by atoms with Crippen molar-refractivity contribution in [3.8, 4) is 33.6 Å². The summed E-state index contributed by atoms with van der Waals surface area (Å²) in [6, 6.07) is 9.87. The average molecular weight is 775 g/mol. The van der Waals surface area contributed by atoms with Gasteiger partial charge in [0.25, 0.3) is 0 Å². The molecule has 16 nitrogen and oxygen atoms in total. The standard InChI is InChI=1S/C40H54N8O8/c1-21(2)33(43-29(15-17-55-7)37(49)47-39(51)52)35-41-19-31(45-35)26-11-9-25(10-12-26)27-13-14-28(24(6)23(27)5)32-20-42-36(46-32)34(22(3)4)44-30(16-18-56-8)38(50)48-40(53)54/h9-14,19-22,29-30,33-34,43-44H,15-18H2,1-8H3,(H,41,45)(H,42,46)(H,47,49)(H,48,50)(H,51,52)(H,53,54)/t29?,30-,33?,34+/m0/s1. The number of aromatic nitrogens is 4. The predicted molar refractivity (Wildman–Crippen MR) is 211 cm³/mol. The second-order valence-electron chi connectivity index (χ2n) is 14.4. The van der Waals surface area contributed by atoms with Gasteiger partial charge in [0.2, 0.25) is 11.8 Å². The van der Waals surface area contributed by atoms with Crippen LogP contribution in [0.25, 0.3) is 33.6 Å². The molecule has 0 fully saturated rings. The van der Waals surface area contributed by atoms with Crippen LogP contribution in [0.2, 0.25) is 0 Å². The quantitative estimate of drug-likeness (QED) is 0.0572. The Morgan fingerprint density at radius 3 is 1.50 bits per heavy atom. The van der Waals surface area contributed by atoms with Crippen molar-refractivity contribution in [3.63, 3.8) is 0 Å². The van der Waals surface area contributed by atoms with E-state index in [2.05, 4.69) is 40.5 Å². The number of rotatable bonds is 19. The van der Waals surface area contributed by atoms with E-state index in [-0.39, 0.29) is 50.0 Å². The highest BCUT2D eigenvalue weighted by Crippen LogP contribution is 2.34. The Labute approximate surface area is 326 Å². The first-order valence-corrected chi connectivity index (χ1v) is 18.5. The number of carboxylic acid groups (broad SMARTS) is 2. The number of nitrogens with zero attached hydrogens (tertiary/aromatic N) is 2. The first kappa shape index (κ1) is 43.3. The molecule has 16 heteroatoms. The Hall–Kier alpha value is -5.42. The van der Waals surface area contributed by atoms with Crippen LogP contribution in [0.1, 0.15) is 75.4 Å². The van der Waals surface area contributed by atoms with Gasteiger partial charge < -0.3 is 29.7 Å². The van der Waals surface area contributed by atoms with Crippen molar-refractivity contribution >= 4 is 24.0 Å². The summed E-state index contributed by atoms with van der Waals surface area (Å²) in [6.45, 7) is 12.6.